The number of hydrogen-bond acceptors (Lipinski definition) is 7. The first-order chi connectivity index (χ1) is 19.7. The van der Waals surface area contributed by atoms with Crippen molar-refractivity contribution in [3.63, 3.8) is 0 Å². The Morgan fingerprint density at radius 2 is 1.62 bits per heavy atom. The van der Waals surface area contributed by atoms with Crippen molar-refractivity contribution >= 4 is 17.3 Å². The van der Waals surface area contributed by atoms with Gasteiger partial charge in [-0.3, -0.25) is 14.4 Å². The molecular formula is C35H40O7. The second-order valence-corrected chi connectivity index (χ2v) is 13.1. The first-order valence-electron chi connectivity index (χ1n) is 14.7. The van der Waals surface area contributed by atoms with Crippen molar-refractivity contribution in [1.82, 2.24) is 0 Å². The minimum absolute atomic E-state index is 0.0505. The third-order valence-electron chi connectivity index (χ3n) is 10.9. The lowest BCUT2D eigenvalue weighted by atomic mass is 9.38. The number of hydrogen-bond donors (Lipinski definition) is 4. The van der Waals surface area contributed by atoms with Gasteiger partial charge in [0.25, 0.3) is 0 Å². The third kappa shape index (κ3) is 3.65. The minimum Gasteiger partial charge on any atom is -0.511 e. The SMILES string of the molecule is CC(=O)C1=C(O)C(C(C)C)[C@@]2(C)[C@H](C)[C@]3(C)C(=C(O)[C@@]2(O)C1=O)C(=O)c1c(O)cccc1[C@H]3CCCc1ccccc1. The summed E-state index contributed by atoms with van der Waals surface area (Å²) in [4.78, 5) is 41.0. The first-order valence-corrected chi connectivity index (χ1v) is 14.7. The number of fused-ring (bicyclic) bond motifs is 3. The van der Waals surface area contributed by atoms with Gasteiger partial charge in [-0.1, -0.05) is 77.1 Å². The maximum absolute atomic E-state index is 14.3. The van der Waals surface area contributed by atoms with Crippen LogP contribution >= 0.6 is 0 Å². The average Bonchev–Trinajstić information content (AvgIpc) is 2.92. The summed E-state index contributed by atoms with van der Waals surface area (Å²) < 4.78 is 0. The molecule has 2 aromatic rings. The van der Waals surface area contributed by atoms with E-state index in [1.165, 1.54) is 6.07 Å². The third-order valence-corrected chi connectivity index (χ3v) is 10.9. The van der Waals surface area contributed by atoms with Gasteiger partial charge in [0, 0.05) is 22.3 Å². The minimum atomic E-state index is -2.64. The summed E-state index contributed by atoms with van der Waals surface area (Å²) in [5, 5.41) is 46.9. The molecule has 42 heavy (non-hydrogen) atoms. The normalized spacial score (nSPS) is 32.5. The van der Waals surface area contributed by atoms with Crippen LogP contribution in [0, 0.1) is 28.6 Å². The molecule has 0 bridgehead atoms. The molecule has 0 aromatic heterocycles. The number of aliphatic hydroxyl groups is 3. The number of aryl methyl sites for hydroxylation is 1. The lowest BCUT2D eigenvalue weighted by Gasteiger charge is -2.64. The van der Waals surface area contributed by atoms with E-state index in [1.54, 1.807) is 13.0 Å². The van der Waals surface area contributed by atoms with Crippen molar-refractivity contribution in [2.24, 2.45) is 28.6 Å². The number of benzene rings is 2. The molecule has 0 saturated carbocycles. The maximum Gasteiger partial charge on any atom is 0.209 e. The maximum atomic E-state index is 14.3. The summed E-state index contributed by atoms with van der Waals surface area (Å²) in [5.41, 5.74) is -4.04. The van der Waals surface area contributed by atoms with Gasteiger partial charge in [0.1, 0.15) is 22.8 Å². The highest BCUT2D eigenvalue weighted by Crippen LogP contribution is 2.70. The molecule has 4 N–H and O–H groups in total. The fraction of sp³-hybridized carbons (Fsp3) is 0.457. The summed E-state index contributed by atoms with van der Waals surface area (Å²) in [5.74, 6) is -6.14. The van der Waals surface area contributed by atoms with Crippen molar-refractivity contribution in [3.05, 3.63) is 87.9 Å². The summed E-state index contributed by atoms with van der Waals surface area (Å²) in [6.07, 6.45) is 2.10. The number of carbonyl (C=O) groups is 3. The van der Waals surface area contributed by atoms with Gasteiger partial charge in [0.15, 0.2) is 17.2 Å². The van der Waals surface area contributed by atoms with Gasteiger partial charge in [-0.2, -0.15) is 0 Å². The van der Waals surface area contributed by atoms with Crippen LogP contribution in [0.3, 0.4) is 0 Å². The quantitative estimate of drug-likeness (QED) is 0.305. The predicted molar refractivity (Wildman–Crippen MR) is 158 cm³/mol. The van der Waals surface area contributed by atoms with Crippen molar-refractivity contribution in [3.8, 4) is 5.75 Å². The van der Waals surface area contributed by atoms with Crippen LogP contribution in [-0.4, -0.2) is 43.4 Å². The van der Waals surface area contributed by atoms with E-state index in [1.807, 2.05) is 52.0 Å². The molecule has 0 aliphatic heterocycles. The van der Waals surface area contributed by atoms with E-state index in [4.69, 9.17) is 0 Å². The standard InChI is InChI=1S/C35H40O7/c1-18(2)27-29(38)25(19(3)36)31(40)35(42)32(41)28-30(39)26-22(15-11-17-24(26)37)23(33(28,5)20(4)34(27,35)6)16-10-14-21-12-8-7-9-13-21/h7-9,11-13,15,17-18,20,23,27,37-38,41-42H,10,14,16H2,1-6H3/t20-,23-,27?,33+,34-,35+/m1/s1. The largest absolute Gasteiger partial charge is 0.511 e. The number of carbonyl (C=O) groups excluding carboxylic acids is 3. The summed E-state index contributed by atoms with van der Waals surface area (Å²) in [6.45, 7) is 10.2. The molecule has 7 heteroatoms. The highest BCUT2D eigenvalue weighted by Gasteiger charge is 2.75. The van der Waals surface area contributed by atoms with Gasteiger partial charge < -0.3 is 20.4 Å². The fourth-order valence-electron chi connectivity index (χ4n) is 8.76. The highest BCUT2D eigenvalue weighted by atomic mass is 16.3. The van der Waals surface area contributed by atoms with Crippen LogP contribution < -0.4 is 0 Å². The summed E-state index contributed by atoms with van der Waals surface area (Å²) in [7, 11) is 0. The Morgan fingerprint density at radius 1 is 0.976 bits per heavy atom. The number of phenols is 1. The average molecular weight is 573 g/mol. The van der Waals surface area contributed by atoms with Gasteiger partial charge >= 0.3 is 0 Å². The van der Waals surface area contributed by atoms with E-state index in [0.29, 0.717) is 12.0 Å². The number of Topliss-reactive ketones (excluding diaryl/α,β-unsaturated/α-hetero) is 3. The van der Waals surface area contributed by atoms with Crippen molar-refractivity contribution in [2.45, 2.75) is 72.3 Å². The Balaban J connectivity index is 1.79. The van der Waals surface area contributed by atoms with Gasteiger partial charge in [-0.15, -0.1) is 0 Å². The van der Waals surface area contributed by atoms with Crippen molar-refractivity contribution in [2.75, 3.05) is 0 Å². The number of aromatic hydroxyl groups is 1. The molecule has 5 rings (SSSR count). The number of rotatable bonds is 6. The Labute approximate surface area is 246 Å². The molecule has 1 unspecified atom stereocenters. The van der Waals surface area contributed by atoms with E-state index < -0.39 is 56.9 Å². The molecule has 7 nitrogen and oxygen atoms in total. The lowest BCUT2D eigenvalue weighted by molar-refractivity contribution is -0.189. The number of phenolic OH excluding ortho intramolecular Hbond substituents is 1. The van der Waals surface area contributed by atoms with E-state index in [0.717, 1.165) is 25.3 Å². The summed E-state index contributed by atoms with van der Waals surface area (Å²) in [6, 6.07) is 15.0. The molecule has 3 aliphatic carbocycles. The molecule has 2 aromatic carbocycles. The molecule has 0 amide bonds. The van der Waals surface area contributed by atoms with Crippen LogP contribution in [0.4, 0.5) is 0 Å². The van der Waals surface area contributed by atoms with Crippen LogP contribution in [0.5, 0.6) is 5.75 Å². The zero-order valence-corrected chi connectivity index (χ0v) is 25.1. The van der Waals surface area contributed by atoms with Crippen molar-refractivity contribution in [1.29, 1.82) is 0 Å². The molecule has 0 fully saturated rings. The molecular weight excluding hydrogens is 532 g/mol. The Morgan fingerprint density at radius 3 is 2.21 bits per heavy atom. The first kappa shape index (κ1) is 29.8. The van der Waals surface area contributed by atoms with Gasteiger partial charge in [0.2, 0.25) is 5.78 Å². The summed E-state index contributed by atoms with van der Waals surface area (Å²) >= 11 is 0. The van der Waals surface area contributed by atoms with Gasteiger partial charge in [0.05, 0.1) is 5.56 Å². The molecule has 0 radical (unpaired) electrons. The number of ketones is 3. The predicted octanol–water partition coefficient (Wildman–Crippen LogP) is 6.16. The second-order valence-electron chi connectivity index (χ2n) is 13.1. The smallest absolute Gasteiger partial charge is 0.209 e. The molecule has 0 spiro atoms. The van der Waals surface area contributed by atoms with Crippen LogP contribution in [0.15, 0.2) is 71.2 Å². The zero-order chi connectivity index (χ0) is 30.9. The molecule has 6 atom stereocenters. The highest BCUT2D eigenvalue weighted by molar-refractivity contribution is 6.25. The monoisotopic (exact) mass is 572 g/mol. The van der Waals surface area contributed by atoms with Gasteiger partial charge in [-0.25, -0.2) is 0 Å². The van der Waals surface area contributed by atoms with Crippen LogP contribution in [0.1, 0.15) is 81.8 Å². The van der Waals surface area contributed by atoms with Crippen molar-refractivity contribution < 1.29 is 34.8 Å². The van der Waals surface area contributed by atoms with E-state index in [-0.39, 0.29) is 34.5 Å². The van der Waals surface area contributed by atoms with Crippen LogP contribution in [0.2, 0.25) is 0 Å². The van der Waals surface area contributed by atoms with Crippen LogP contribution in [0.25, 0.3) is 0 Å². The number of aliphatic hydroxyl groups excluding tert-OH is 2. The van der Waals surface area contributed by atoms with E-state index in [9.17, 15) is 34.8 Å². The topological polar surface area (TPSA) is 132 Å². The molecule has 0 saturated heterocycles. The Kier molecular flexibility index (Phi) is 7.05. The fourth-order valence-corrected chi connectivity index (χ4v) is 8.76. The second kappa shape index (κ2) is 9.94. The molecule has 3 aliphatic rings. The Bertz CT molecular complexity index is 1550. The van der Waals surface area contributed by atoms with Crippen LogP contribution in [-0.2, 0) is 16.0 Å². The lowest BCUT2D eigenvalue weighted by Crippen LogP contribution is -2.71. The number of allylic oxidation sites excluding steroid dienone is 2. The molecule has 222 valence electrons. The van der Waals surface area contributed by atoms with Gasteiger partial charge in [-0.05, 0) is 61.1 Å². The van der Waals surface area contributed by atoms with E-state index >= 15 is 0 Å². The Hall–Kier alpha value is -3.71. The molecule has 0 heterocycles. The zero-order valence-electron chi connectivity index (χ0n) is 25.1. The van der Waals surface area contributed by atoms with E-state index in [2.05, 4.69) is 12.1 Å².